The summed E-state index contributed by atoms with van der Waals surface area (Å²) >= 11 is 0. The Morgan fingerprint density at radius 3 is 2.49 bits per heavy atom. The van der Waals surface area contributed by atoms with E-state index in [9.17, 15) is 18.4 Å². The van der Waals surface area contributed by atoms with Crippen LogP contribution in [0.25, 0.3) is 0 Å². The van der Waals surface area contributed by atoms with Crippen molar-refractivity contribution in [2.24, 2.45) is 28.9 Å². The normalized spacial score (nSPS) is 32.4. The van der Waals surface area contributed by atoms with Gasteiger partial charge in [-0.25, -0.2) is 4.98 Å². The van der Waals surface area contributed by atoms with E-state index < -0.39 is 6.36 Å². The van der Waals surface area contributed by atoms with Crippen molar-refractivity contribution in [2.45, 2.75) is 88.8 Å². The molecule has 220 valence electrons. The molecule has 11 heteroatoms. The number of hydrogen-bond acceptors (Lipinski definition) is 8. The second-order valence-electron chi connectivity index (χ2n) is 12.7. The molecule has 0 aliphatic heterocycles. The van der Waals surface area contributed by atoms with Gasteiger partial charge in [0.25, 0.3) is 0 Å². The predicted octanol–water partition coefficient (Wildman–Crippen LogP) is 5.33. The Labute approximate surface area is 238 Å². The fourth-order valence-corrected chi connectivity index (χ4v) is 8.24. The van der Waals surface area contributed by atoms with Crippen LogP contribution in [0, 0.1) is 34.5 Å². The van der Waals surface area contributed by atoms with E-state index in [4.69, 9.17) is 5.73 Å². The molecule has 1 aromatic heterocycles. The largest absolute Gasteiger partial charge is 0.573 e. The van der Waals surface area contributed by atoms with Gasteiger partial charge in [0, 0.05) is 36.8 Å². The van der Waals surface area contributed by atoms with E-state index in [0.717, 1.165) is 25.3 Å². The zero-order valence-corrected chi connectivity index (χ0v) is 23.1. The number of halogens is 3. The molecule has 7 rings (SSSR count). The summed E-state index contributed by atoms with van der Waals surface area (Å²) in [5.41, 5.74) is 6.98. The van der Waals surface area contributed by atoms with E-state index in [2.05, 4.69) is 36.7 Å². The summed E-state index contributed by atoms with van der Waals surface area (Å²) in [7, 11) is 0. The van der Waals surface area contributed by atoms with E-state index >= 15 is 0 Å². The first-order chi connectivity index (χ1) is 19.7. The summed E-state index contributed by atoms with van der Waals surface area (Å²) in [6.07, 6.45) is 7.38. The first-order valence-electron chi connectivity index (χ1n) is 14.8. The van der Waals surface area contributed by atoms with Gasteiger partial charge in [-0.15, -0.1) is 13.2 Å². The summed E-state index contributed by atoms with van der Waals surface area (Å²) in [6.45, 7) is 0.781. The van der Waals surface area contributed by atoms with Crippen molar-refractivity contribution in [3.05, 3.63) is 41.6 Å². The van der Waals surface area contributed by atoms with Crippen LogP contribution in [0.3, 0.4) is 0 Å². The number of hydrogen-bond donors (Lipinski definition) is 4. The Balaban J connectivity index is 1.10. The molecule has 0 spiro atoms. The second kappa shape index (κ2) is 11.3. The maximum Gasteiger partial charge on any atom is 0.573 e. The van der Waals surface area contributed by atoms with Crippen LogP contribution in [0.5, 0.6) is 5.75 Å². The van der Waals surface area contributed by atoms with Crippen LogP contribution in [0.2, 0.25) is 0 Å². The molecule has 1 heterocycles. The third-order valence-electron chi connectivity index (χ3n) is 9.78. The van der Waals surface area contributed by atoms with Gasteiger partial charge in [0.15, 0.2) is 0 Å². The van der Waals surface area contributed by atoms with Crippen LogP contribution >= 0.6 is 0 Å². The lowest BCUT2D eigenvalue weighted by molar-refractivity contribution is -0.274. The van der Waals surface area contributed by atoms with E-state index in [1.165, 1.54) is 63.3 Å². The predicted molar refractivity (Wildman–Crippen MR) is 149 cm³/mol. The van der Waals surface area contributed by atoms with Crippen molar-refractivity contribution in [3.63, 3.8) is 0 Å². The second-order valence-corrected chi connectivity index (χ2v) is 12.7. The Kier molecular flexibility index (Phi) is 7.72. The minimum Gasteiger partial charge on any atom is -0.405 e. The van der Waals surface area contributed by atoms with Crippen molar-refractivity contribution >= 4 is 11.8 Å². The van der Waals surface area contributed by atoms with Gasteiger partial charge in [-0.3, -0.25) is 0 Å². The minimum atomic E-state index is -4.78. The van der Waals surface area contributed by atoms with E-state index in [1.54, 1.807) is 12.1 Å². The number of nitrogens with one attached hydrogen (secondary N) is 3. The molecular formula is C30H38F3N7O. The molecule has 4 bridgehead atoms. The molecule has 0 radical (unpaired) electrons. The topological polar surface area (TPSA) is 121 Å². The Hall–Kier alpha value is -3.10. The molecule has 1 aromatic carbocycles. The number of aromatic nitrogens is 2. The number of rotatable bonds is 9. The number of anilines is 2. The lowest BCUT2D eigenvalue weighted by Crippen LogP contribution is -2.61. The number of ether oxygens (including phenoxy) is 1. The molecule has 3 unspecified atom stereocenters. The summed E-state index contributed by atoms with van der Waals surface area (Å²) in [6, 6.07) is 9.65. The summed E-state index contributed by atoms with van der Waals surface area (Å²) < 4.78 is 42.5. The molecule has 5 aliphatic rings. The lowest BCUT2D eigenvalue weighted by Gasteiger charge is -2.61. The summed E-state index contributed by atoms with van der Waals surface area (Å²) in [4.78, 5) is 8.75. The molecule has 0 saturated heterocycles. The number of nitrogens with zero attached hydrogens (tertiary/aromatic N) is 3. The number of benzene rings is 1. The van der Waals surface area contributed by atoms with Crippen LogP contribution in [-0.2, 0) is 6.54 Å². The highest BCUT2D eigenvalue weighted by molar-refractivity contribution is 5.53. The van der Waals surface area contributed by atoms with E-state index in [1.807, 2.05) is 0 Å². The van der Waals surface area contributed by atoms with Crippen molar-refractivity contribution in [1.82, 2.24) is 15.3 Å². The SMILES string of the molecule is N#Cc1cnc(NCc2ccccc2OC(F)(F)F)nc1NCC12CC3C[C@H](C1)C(NC1CCC(N)CC1)[C@@H](C3)C2. The van der Waals surface area contributed by atoms with E-state index in [0.29, 0.717) is 46.9 Å². The standard InChI is InChI=1S/C30H38F3N7O/c31-30(32,33)41-25-4-2-1-3-19(25)15-36-28-37-16-22(14-34)27(40-28)38-17-29-11-18-9-20(12-29)26(21(10-18)13-29)39-24-7-5-23(35)6-8-24/h1-4,16,18,20-21,23-24,26,39H,5-13,15,17,35H2,(H2,36,37,38,40)/t18?,20-,21+,23?,24?,26?,29?. The molecule has 5 saturated carbocycles. The van der Waals surface area contributed by atoms with Crippen LogP contribution in [0.4, 0.5) is 24.9 Å². The Morgan fingerprint density at radius 1 is 1.05 bits per heavy atom. The third kappa shape index (κ3) is 6.38. The molecule has 2 aromatic rings. The fourth-order valence-electron chi connectivity index (χ4n) is 8.24. The maximum absolute atomic E-state index is 12.8. The highest BCUT2D eigenvalue weighted by Crippen LogP contribution is 2.60. The van der Waals surface area contributed by atoms with Gasteiger partial charge in [0.2, 0.25) is 5.95 Å². The highest BCUT2D eigenvalue weighted by atomic mass is 19.4. The zero-order valence-electron chi connectivity index (χ0n) is 23.1. The molecule has 41 heavy (non-hydrogen) atoms. The van der Waals surface area contributed by atoms with Crippen LogP contribution < -0.4 is 26.4 Å². The van der Waals surface area contributed by atoms with Crippen molar-refractivity contribution in [1.29, 1.82) is 5.26 Å². The van der Waals surface area contributed by atoms with Crippen molar-refractivity contribution in [3.8, 4) is 11.8 Å². The monoisotopic (exact) mass is 569 g/mol. The lowest BCUT2D eigenvalue weighted by atomic mass is 9.47. The van der Waals surface area contributed by atoms with Gasteiger partial charge in [0.05, 0.1) is 6.20 Å². The van der Waals surface area contributed by atoms with Gasteiger partial charge >= 0.3 is 6.36 Å². The van der Waals surface area contributed by atoms with Gasteiger partial charge in [0.1, 0.15) is 23.2 Å². The van der Waals surface area contributed by atoms with Gasteiger partial charge in [-0.05, 0) is 87.0 Å². The molecule has 5 N–H and O–H groups in total. The maximum atomic E-state index is 12.8. The molecular weight excluding hydrogens is 531 g/mol. The molecule has 0 amide bonds. The number of nitrogens with two attached hydrogens (primary N) is 1. The Morgan fingerprint density at radius 2 is 1.78 bits per heavy atom. The number of nitriles is 1. The molecule has 5 atom stereocenters. The number of para-hydroxylation sites is 1. The summed E-state index contributed by atoms with van der Waals surface area (Å²) in [5, 5.41) is 20.2. The van der Waals surface area contributed by atoms with Crippen LogP contribution in [0.15, 0.2) is 30.5 Å². The fraction of sp³-hybridized carbons (Fsp3) is 0.633. The van der Waals surface area contributed by atoms with E-state index in [-0.39, 0.29) is 23.7 Å². The molecule has 5 aliphatic carbocycles. The number of alkyl halides is 3. The van der Waals surface area contributed by atoms with Gasteiger partial charge < -0.3 is 26.4 Å². The average Bonchev–Trinajstić information content (AvgIpc) is 2.93. The van der Waals surface area contributed by atoms with Crippen LogP contribution in [-0.4, -0.2) is 41.0 Å². The minimum absolute atomic E-state index is 0.0356. The highest BCUT2D eigenvalue weighted by Gasteiger charge is 2.55. The summed E-state index contributed by atoms with van der Waals surface area (Å²) in [5.74, 6) is 2.51. The average molecular weight is 570 g/mol. The van der Waals surface area contributed by atoms with Crippen molar-refractivity contribution in [2.75, 3.05) is 17.2 Å². The van der Waals surface area contributed by atoms with Gasteiger partial charge in [-0.1, -0.05) is 18.2 Å². The molecule has 5 fully saturated rings. The quantitative estimate of drug-likeness (QED) is 0.320. The third-order valence-corrected chi connectivity index (χ3v) is 9.78. The van der Waals surface area contributed by atoms with Crippen molar-refractivity contribution < 1.29 is 17.9 Å². The first kappa shape index (κ1) is 28.0. The molecule has 8 nitrogen and oxygen atoms in total. The van der Waals surface area contributed by atoms with Gasteiger partial charge in [-0.2, -0.15) is 10.2 Å². The smallest absolute Gasteiger partial charge is 0.405 e. The first-order valence-corrected chi connectivity index (χ1v) is 14.8. The van der Waals surface area contributed by atoms with Crippen LogP contribution in [0.1, 0.15) is 68.9 Å². The Bertz CT molecular complexity index is 1260. The zero-order chi connectivity index (χ0) is 28.6.